The third kappa shape index (κ3) is 10.2. The van der Waals surface area contributed by atoms with Gasteiger partial charge in [0.15, 0.2) is 5.96 Å². The molecule has 0 aliphatic rings. The van der Waals surface area contributed by atoms with Crippen LogP contribution in [0.15, 0.2) is 47.5 Å². The molecule has 0 unspecified atom stereocenters. The first-order valence-corrected chi connectivity index (χ1v) is 11.1. The van der Waals surface area contributed by atoms with Crippen molar-refractivity contribution in [3.05, 3.63) is 64.7 Å². The van der Waals surface area contributed by atoms with Gasteiger partial charge in [-0.3, -0.25) is 4.99 Å². The van der Waals surface area contributed by atoms with Gasteiger partial charge in [-0.1, -0.05) is 43.3 Å². The average Bonchev–Trinajstić information content (AvgIpc) is 2.78. The summed E-state index contributed by atoms with van der Waals surface area (Å²) in [4.78, 5) is 6.66. The van der Waals surface area contributed by atoms with Crippen molar-refractivity contribution in [2.75, 3.05) is 40.5 Å². The van der Waals surface area contributed by atoms with Gasteiger partial charge in [-0.25, -0.2) is 0 Å². The van der Waals surface area contributed by atoms with E-state index in [1.54, 1.807) is 7.05 Å². The van der Waals surface area contributed by atoms with Crippen LogP contribution in [0.25, 0.3) is 0 Å². The Kier molecular flexibility index (Phi) is 14.0. The molecule has 0 bridgehead atoms. The second-order valence-electron chi connectivity index (χ2n) is 7.59. The Labute approximate surface area is 210 Å². The van der Waals surface area contributed by atoms with Crippen LogP contribution in [0.5, 0.6) is 5.75 Å². The standard InChI is InChI=1S/C25H38N4O2.HI/c1-6-29(5)19-22-10-8-9-21(16-22)17-27-25(26-4)28-18-23-12-11-20(3)15-24(23)31-14-13-30-7-2;/h8-12,15-16H,6-7,13-14,17-19H2,1-5H3,(H2,26,27,28);1H. The van der Waals surface area contributed by atoms with Gasteiger partial charge in [0.2, 0.25) is 0 Å². The van der Waals surface area contributed by atoms with Crippen molar-refractivity contribution in [3.63, 3.8) is 0 Å². The number of ether oxygens (including phenoxy) is 2. The van der Waals surface area contributed by atoms with E-state index in [0.717, 1.165) is 36.9 Å². The highest BCUT2D eigenvalue weighted by molar-refractivity contribution is 14.0. The van der Waals surface area contributed by atoms with Gasteiger partial charge < -0.3 is 25.0 Å². The second kappa shape index (κ2) is 15.9. The Balaban J connectivity index is 0.00000512. The lowest BCUT2D eigenvalue weighted by atomic mass is 10.1. The van der Waals surface area contributed by atoms with Crippen LogP contribution < -0.4 is 15.4 Å². The summed E-state index contributed by atoms with van der Waals surface area (Å²) in [6.45, 7) is 11.4. The third-order valence-corrected chi connectivity index (χ3v) is 5.03. The number of rotatable bonds is 12. The summed E-state index contributed by atoms with van der Waals surface area (Å²) >= 11 is 0. The minimum atomic E-state index is 0. The molecule has 0 saturated heterocycles. The Hall–Kier alpha value is -1.84. The van der Waals surface area contributed by atoms with Crippen LogP contribution >= 0.6 is 24.0 Å². The molecule has 178 valence electrons. The van der Waals surface area contributed by atoms with Crippen LogP contribution in [0.4, 0.5) is 0 Å². The SMILES string of the molecule is CCOCCOc1cc(C)ccc1CNC(=NC)NCc1cccc(CN(C)CC)c1.I. The maximum Gasteiger partial charge on any atom is 0.191 e. The van der Waals surface area contributed by atoms with Gasteiger partial charge in [0.05, 0.1) is 6.61 Å². The Morgan fingerprint density at radius 3 is 2.47 bits per heavy atom. The van der Waals surface area contributed by atoms with Gasteiger partial charge in [-0.05, 0) is 50.2 Å². The topological polar surface area (TPSA) is 58.1 Å². The van der Waals surface area contributed by atoms with Crippen LogP contribution in [0.3, 0.4) is 0 Å². The molecule has 0 amide bonds. The summed E-state index contributed by atoms with van der Waals surface area (Å²) in [5.74, 6) is 1.65. The molecule has 2 aromatic carbocycles. The maximum absolute atomic E-state index is 5.94. The molecule has 0 saturated carbocycles. The number of benzene rings is 2. The fourth-order valence-electron chi connectivity index (χ4n) is 3.14. The van der Waals surface area contributed by atoms with Crippen molar-refractivity contribution in [1.29, 1.82) is 0 Å². The first-order chi connectivity index (χ1) is 15.0. The van der Waals surface area contributed by atoms with Gasteiger partial charge in [0.25, 0.3) is 0 Å². The second-order valence-corrected chi connectivity index (χ2v) is 7.59. The number of guanidine groups is 1. The number of aliphatic imine (C=N–C) groups is 1. The number of hydrogen-bond donors (Lipinski definition) is 2. The molecule has 0 spiro atoms. The van der Waals surface area contributed by atoms with Crippen LogP contribution in [-0.2, 0) is 24.4 Å². The summed E-state index contributed by atoms with van der Waals surface area (Å²) in [5, 5.41) is 6.80. The number of hydrogen-bond acceptors (Lipinski definition) is 4. The summed E-state index contributed by atoms with van der Waals surface area (Å²) in [5.41, 5.74) is 4.82. The van der Waals surface area contributed by atoms with Gasteiger partial charge in [-0.15, -0.1) is 24.0 Å². The van der Waals surface area contributed by atoms with Crippen molar-refractivity contribution < 1.29 is 9.47 Å². The largest absolute Gasteiger partial charge is 0.491 e. The van der Waals surface area contributed by atoms with Crippen molar-refractivity contribution in [2.45, 2.75) is 40.4 Å². The van der Waals surface area contributed by atoms with Crippen molar-refractivity contribution >= 4 is 29.9 Å². The Morgan fingerprint density at radius 2 is 1.75 bits per heavy atom. The van der Waals surface area contributed by atoms with Gasteiger partial charge >= 0.3 is 0 Å². The van der Waals surface area contributed by atoms with Gasteiger partial charge in [-0.2, -0.15) is 0 Å². The minimum absolute atomic E-state index is 0. The van der Waals surface area contributed by atoms with Crippen LogP contribution in [0.2, 0.25) is 0 Å². The molecule has 0 radical (unpaired) electrons. The number of halogens is 1. The van der Waals surface area contributed by atoms with E-state index in [1.165, 1.54) is 16.7 Å². The average molecular weight is 555 g/mol. The fourth-order valence-corrected chi connectivity index (χ4v) is 3.14. The molecule has 0 heterocycles. The highest BCUT2D eigenvalue weighted by Gasteiger charge is 2.07. The highest BCUT2D eigenvalue weighted by Crippen LogP contribution is 2.20. The minimum Gasteiger partial charge on any atom is -0.491 e. The van der Waals surface area contributed by atoms with E-state index in [2.05, 4.69) is 83.9 Å². The molecule has 2 N–H and O–H groups in total. The van der Waals surface area contributed by atoms with Crippen molar-refractivity contribution in [1.82, 2.24) is 15.5 Å². The molecule has 0 aromatic heterocycles. The summed E-state index contributed by atoms with van der Waals surface area (Å²) in [6, 6.07) is 14.9. The Morgan fingerprint density at radius 1 is 1.00 bits per heavy atom. The fraction of sp³-hybridized carbons (Fsp3) is 0.480. The third-order valence-electron chi connectivity index (χ3n) is 5.03. The summed E-state index contributed by atoms with van der Waals surface area (Å²) in [7, 11) is 3.92. The molecule has 0 atom stereocenters. The van der Waals surface area contributed by atoms with E-state index in [4.69, 9.17) is 9.47 Å². The van der Waals surface area contributed by atoms with Crippen LogP contribution in [-0.4, -0.2) is 51.3 Å². The van der Waals surface area contributed by atoms with E-state index in [9.17, 15) is 0 Å². The van der Waals surface area contributed by atoms with Crippen molar-refractivity contribution in [2.24, 2.45) is 4.99 Å². The number of nitrogens with one attached hydrogen (secondary N) is 2. The smallest absolute Gasteiger partial charge is 0.191 e. The van der Waals surface area contributed by atoms with Gasteiger partial charge in [0.1, 0.15) is 12.4 Å². The lowest BCUT2D eigenvalue weighted by Crippen LogP contribution is -2.36. The van der Waals surface area contributed by atoms with Crippen LogP contribution in [0, 0.1) is 6.92 Å². The molecule has 7 heteroatoms. The predicted octanol–water partition coefficient (Wildman–Crippen LogP) is 4.35. The first kappa shape index (κ1) is 28.2. The van der Waals surface area contributed by atoms with Crippen LogP contribution in [0.1, 0.15) is 36.1 Å². The molecule has 0 fully saturated rings. The van der Waals surface area contributed by atoms with E-state index in [0.29, 0.717) is 26.4 Å². The van der Waals surface area contributed by atoms with E-state index < -0.39 is 0 Å². The van der Waals surface area contributed by atoms with E-state index in [1.807, 2.05) is 6.92 Å². The molecule has 6 nitrogen and oxygen atoms in total. The Bertz CT molecular complexity index is 829. The molecule has 2 rings (SSSR count). The molecule has 32 heavy (non-hydrogen) atoms. The zero-order valence-corrected chi connectivity index (χ0v) is 22.4. The number of aryl methyl sites for hydroxylation is 1. The molecule has 2 aromatic rings. The lowest BCUT2D eigenvalue weighted by Gasteiger charge is -2.16. The zero-order chi connectivity index (χ0) is 22.5. The first-order valence-electron chi connectivity index (χ1n) is 11.1. The molecule has 0 aliphatic heterocycles. The van der Waals surface area contributed by atoms with Crippen molar-refractivity contribution in [3.8, 4) is 5.75 Å². The monoisotopic (exact) mass is 554 g/mol. The van der Waals surface area contributed by atoms with E-state index >= 15 is 0 Å². The summed E-state index contributed by atoms with van der Waals surface area (Å²) in [6.07, 6.45) is 0. The van der Waals surface area contributed by atoms with Gasteiger partial charge in [0, 0.05) is 38.9 Å². The normalized spacial score (nSPS) is 11.2. The lowest BCUT2D eigenvalue weighted by molar-refractivity contribution is 0.110. The predicted molar refractivity (Wildman–Crippen MR) is 144 cm³/mol. The quantitative estimate of drug-likeness (QED) is 0.177. The molecular weight excluding hydrogens is 515 g/mol. The number of nitrogens with zero attached hydrogens (tertiary/aromatic N) is 2. The zero-order valence-electron chi connectivity index (χ0n) is 20.1. The highest BCUT2D eigenvalue weighted by atomic mass is 127. The van der Waals surface area contributed by atoms with E-state index in [-0.39, 0.29) is 24.0 Å². The summed E-state index contributed by atoms with van der Waals surface area (Å²) < 4.78 is 11.3. The maximum atomic E-state index is 5.94. The molecule has 0 aliphatic carbocycles. The molecular formula is C25H39IN4O2.